The van der Waals surface area contributed by atoms with Crippen LogP contribution in [0.3, 0.4) is 0 Å². The summed E-state index contributed by atoms with van der Waals surface area (Å²) in [6, 6.07) is 4.08. The summed E-state index contributed by atoms with van der Waals surface area (Å²) in [6.07, 6.45) is 10.6. The smallest absolute Gasteiger partial charge is 0.213 e. The highest BCUT2D eigenvalue weighted by Gasteiger charge is 2.24. The lowest BCUT2D eigenvalue weighted by molar-refractivity contribution is 0.130. The molecule has 1 aliphatic heterocycles. The second-order valence-corrected chi connectivity index (χ2v) is 8.53. The van der Waals surface area contributed by atoms with Gasteiger partial charge in [0.05, 0.1) is 0 Å². The Bertz CT molecular complexity index is 807. The maximum Gasteiger partial charge on any atom is 0.213 e. The molecule has 2 N–H and O–H groups in total. The first-order valence-electron chi connectivity index (χ1n) is 11.1. The van der Waals surface area contributed by atoms with Crippen LogP contribution in [0, 0.1) is 5.92 Å². The molecule has 1 saturated carbocycles. The zero-order chi connectivity index (χ0) is 20.8. The Kier molecular flexibility index (Phi) is 6.81. The second-order valence-electron chi connectivity index (χ2n) is 8.53. The molecule has 0 unspecified atom stereocenters. The predicted octanol–water partition coefficient (Wildman–Crippen LogP) is 3.11. The van der Waals surface area contributed by atoms with Gasteiger partial charge in [0.15, 0.2) is 5.96 Å². The highest BCUT2D eigenvalue weighted by atomic mass is 16.5. The van der Waals surface area contributed by atoms with Crippen LogP contribution in [-0.4, -0.2) is 57.3 Å². The predicted molar refractivity (Wildman–Crippen MR) is 116 cm³/mol. The standard InChI is InChI=1S/C22H33N7O/c1-16-3-5-19(6-4-16)30-20-13-17(7-10-24-20)14-25-22(23-2)29-11-8-18(9-12-29)21-26-15-27-28-21/h7,10,13,15-16,18-19H,3-6,8-9,11-12,14H2,1-2H3,(H,23,25)(H,26,27,28). The summed E-state index contributed by atoms with van der Waals surface area (Å²) in [5.74, 6) is 3.93. The number of guanidine groups is 1. The quantitative estimate of drug-likeness (QED) is 0.580. The van der Waals surface area contributed by atoms with Gasteiger partial charge in [-0.1, -0.05) is 6.92 Å². The average molecular weight is 412 g/mol. The Balaban J connectivity index is 1.27. The van der Waals surface area contributed by atoms with Crippen LogP contribution in [0.25, 0.3) is 0 Å². The monoisotopic (exact) mass is 411 g/mol. The lowest BCUT2D eigenvalue weighted by atomic mass is 9.89. The molecule has 2 aliphatic rings. The number of hydrogen-bond acceptors (Lipinski definition) is 5. The van der Waals surface area contributed by atoms with Crippen molar-refractivity contribution in [3.63, 3.8) is 0 Å². The fraction of sp³-hybridized carbons (Fsp3) is 0.636. The molecule has 0 spiro atoms. The van der Waals surface area contributed by atoms with Gasteiger partial charge in [0.25, 0.3) is 0 Å². The van der Waals surface area contributed by atoms with Gasteiger partial charge >= 0.3 is 0 Å². The van der Waals surface area contributed by atoms with Crippen LogP contribution in [-0.2, 0) is 6.54 Å². The summed E-state index contributed by atoms with van der Waals surface area (Å²) in [5, 5.41) is 10.5. The number of nitrogens with zero attached hydrogens (tertiary/aromatic N) is 5. The van der Waals surface area contributed by atoms with Crippen molar-refractivity contribution in [1.82, 2.24) is 30.4 Å². The molecule has 3 heterocycles. The molecule has 0 bridgehead atoms. The van der Waals surface area contributed by atoms with Crippen LogP contribution in [0.15, 0.2) is 29.6 Å². The molecule has 2 fully saturated rings. The molecule has 30 heavy (non-hydrogen) atoms. The molecule has 4 rings (SSSR count). The Morgan fingerprint density at radius 3 is 2.70 bits per heavy atom. The number of piperidine rings is 1. The van der Waals surface area contributed by atoms with Crippen LogP contribution in [0.2, 0.25) is 0 Å². The third kappa shape index (κ3) is 5.29. The summed E-state index contributed by atoms with van der Waals surface area (Å²) in [7, 11) is 1.84. The zero-order valence-electron chi connectivity index (χ0n) is 18.0. The minimum Gasteiger partial charge on any atom is -0.474 e. The maximum absolute atomic E-state index is 6.15. The molecular formula is C22H33N7O. The largest absolute Gasteiger partial charge is 0.474 e. The summed E-state index contributed by atoms with van der Waals surface area (Å²) in [6.45, 7) is 4.94. The van der Waals surface area contributed by atoms with E-state index in [4.69, 9.17) is 4.74 Å². The molecule has 2 aromatic heterocycles. The van der Waals surface area contributed by atoms with E-state index in [0.29, 0.717) is 18.6 Å². The molecule has 1 saturated heterocycles. The number of pyridine rings is 1. The lowest BCUT2D eigenvalue weighted by Crippen LogP contribution is -2.45. The Labute approximate surface area is 178 Å². The van der Waals surface area contributed by atoms with Gasteiger partial charge in [-0.3, -0.25) is 10.1 Å². The van der Waals surface area contributed by atoms with Crippen LogP contribution >= 0.6 is 0 Å². The van der Waals surface area contributed by atoms with E-state index in [9.17, 15) is 0 Å². The van der Waals surface area contributed by atoms with Crippen LogP contribution in [0.5, 0.6) is 5.88 Å². The molecule has 1 aliphatic carbocycles. The summed E-state index contributed by atoms with van der Waals surface area (Å²) >= 11 is 0. The summed E-state index contributed by atoms with van der Waals surface area (Å²) in [4.78, 5) is 15.5. The van der Waals surface area contributed by atoms with Crippen LogP contribution < -0.4 is 10.1 Å². The maximum atomic E-state index is 6.15. The van der Waals surface area contributed by atoms with Gasteiger partial charge < -0.3 is 15.0 Å². The van der Waals surface area contributed by atoms with Gasteiger partial charge in [-0.2, -0.15) is 5.10 Å². The molecule has 2 aromatic rings. The van der Waals surface area contributed by atoms with Gasteiger partial charge in [-0.15, -0.1) is 0 Å². The Morgan fingerprint density at radius 2 is 2.00 bits per heavy atom. The van der Waals surface area contributed by atoms with E-state index in [-0.39, 0.29) is 0 Å². The van der Waals surface area contributed by atoms with Crippen molar-refractivity contribution in [3.05, 3.63) is 36.0 Å². The zero-order valence-corrected chi connectivity index (χ0v) is 18.0. The first-order valence-corrected chi connectivity index (χ1v) is 11.1. The van der Waals surface area contributed by atoms with Gasteiger partial charge in [-0.05, 0) is 56.1 Å². The first kappa shape index (κ1) is 20.6. The van der Waals surface area contributed by atoms with Crippen molar-refractivity contribution in [2.45, 2.75) is 64.0 Å². The van der Waals surface area contributed by atoms with Crippen molar-refractivity contribution in [2.24, 2.45) is 10.9 Å². The third-order valence-electron chi connectivity index (χ3n) is 6.33. The van der Waals surface area contributed by atoms with Crippen molar-refractivity contribution in [3.8, 4) is 5.88 Å². The van der Waals surface area contributed by atoms with Gasteiger partial charge in [0.2, 0.25) is 5.88 Å². The van der Waals surface area contributed by atoms with Crippen LogP contribution in [0.1, 0.15) is 62.8 Å². The normalized spacial score (nSPS) is 23.4. The molecule has 8 nitrogen and oxygen atoms in total. The minimum atomic E-state index is 0.301. The van der Waals surface area contributed by atoms with E-state index in [0.717, 1.165) is 67.9 Å². The van der Waals surface area contributed by atoms with Gasteiger partial charge in [-0.25, -0.2) is 9.97 Å². The second kappa shape index (κ2) is 9.91. The van der Waals surface area contributed by atoms with E-state index >= 15 is 0 Å². The number of nitrogens with one attached hydrogen (secondary N) is 2. The molecule has 162 valence electrons. The molecule has 0 atom stereocenters. The number of hydrogen-bond donors (Lipinski definition) is 2. The fourth-order valence-corrected chi connectivity index (χ4v) is 4.43. The average Bonchev–Trinajstić information content (AvgIpc) is 3.32. The SMILES string of the molecule is CN=C(NCc1ccnc(OC2CCC(C)CC2)c1)N1CCC(c2ncn[nH]2)CC1. The minimum absolute atomic E-state index is 0.301. The van der Waals surface area contributed by atoms with E-state index in [1.165, 1.54) is 12.8 Å². The molecular weight excluding hydrogens is 378 g/mol. The van der Waals surface area contributed by atoms with E-state index in [1.54, 1.807) is 6.33 Å². The van der Waals surface area contributed by atoms with E-state index < -0.39 is 0 Å². The van der Waals surface area contributed by atoms with Crippen LogP contribution in [0.4, 0.5) is 0 Å². The Hall–Kier alpha value is -2.64. The molecule has 0 amide bonds. The summed E-state index contributed by atoms with van der Waals surface area (Å²) < 4.78 is 6.15. The number of aromatic amines is 1. The number of rotatable bonds is 5. The summed E-state index contributed by atoms with van der Waals surface area (Å²) in [5.41, 5.74) is 1.15. The van der Waals surface area contributed by atoms with Crippen molar-refractivity contribution >= 4 is 5.96 Å². The number of aromatic nitrogens is 4. The van der Waals surface area contributed by atoms with E-state index in [1.807, 2.05) is 19.3 Å². The highest BCUT2D eigenvalue weighted by Crippen LogP contribution is 2.27. The molecule has 0 aromatic carbocycles. The Morgan fingerprint density at radius 1 is 1.20 bits per heavy atom. The van der Waals surface area contributed by atoms with Crippen molar-refractivity contribution in [2.75, 3.05) is 20.1 Å². The van der Waals surface area contributed by atoms with Crippen molar-refractivity contribution in [1.29, 1.82) is 0 Å². The molecule has 8 heteroatoms. The number of H-pyrrole nitrogens is 1. The van der Waals surface area contributed by atoms with Crippen molar-refractivity contribution < 1.29 is 4.74 Å². The number of ether oxygens (including phenoxy) is 1. The third-order valence-corrected chi connectivity index (χ3v) is 6.33. The number of aliphatic imine (C=N–C) groups is 1. The lowest BCUT2D eigenvalue weighted by Gasteiger charge is -2.33. The number of likely N-dealkylation sites (tertiary alicyclic amines) is 1. The molecule has 0 radical (unpaired) electrons. The highest BCUT2D eigenvalue weighted by molar-refractivity contribution is 5.80. The van der Waals surface area contributed by atoms with Gasteiger partial charge in [0.1, 0.15) is 18.3 Å². The van der Waals surface area contributed by atoms with Gasteiger partial charge in [0, 0.05) is 44.9 Å². The first-order chi connectivity index (χ1) is 14.7. The fourth-order valence-electron chi connectivity index (χ4n) is 4.43. The topological polar surface area (TPSA) is 91.3 Å². The van der Waals surface area contributed by atoms with E-state index in [2.05, 4.69) is 48.4 Å².